The van der Waals surface area contributed by atoms with Crippen LogP contribution in [-0.2, 0) is 0 Å². The molecule has 1 heteroatoms. The lowest BCUT2D eigenvalue weighted by molar-refractivity contribution is 0.328. The van der Waals surface area contributed by atoms with Crippen LogP contribution in [0.25, 0.3) is 0 Å². The molecule has 0 aliphatic carbocycles. The topological polar surface area (TPSA) is 12.0 Å². The minimum atomic E-state index is 0.0878. The standard InChI is InChI=1S/C22H41N/c1-5-9-10-11-12-13-14-15-16-17-21-23-22(18-6-2,19-7-3)20-8-4/h6-8,23H,2-5,9-21H2,1H3. The van der Waals surface area contributed by atoms with Gasteiger partial charge in [0.15, 0.2) is 0 Å². The Balaban J connectivity index is 3.71. The van der Waals surface area contributed by atoms with Gasteiger partial charge in [0, 0.05) is 5.54 Å². The Morgan fingerprint density at radius 3 is 1.43 bits per heavy atom. The molecule has 134 valence electrons. The minimum Gasteiger partial charge on any atom is -0.310 e. The molecule has 1 N–H and O–H groups in total. The lowest BCUT2D eigenvalue weighted by Gasteiger charge is -2.32. The Kier molecular flexibility index (Phi) is 15.5. The molecule has 23 heavy (non-hydrogen) atoms. The van der Waals surface area contributed by atoms with E-state index in [2.05, 4.69) is 32.0 Å². The first kappa shape index (κ1) is 22.2. The van der Waals surface area contributed by atoms with E-state index in [1.165, 1.54) is 64.2 Å². The molecule has 0 aliphatic heterocycles. The fourth-order valence-electron chi connectivity index (χ4n) is 3.26. The van der Waals surface area contributed by atoms with Crippen LogP contribution in [0.4, 0.5) is 0 Å². The second-order valence-corrected chi connectivity index (χ2v) is 6.87. The zero-order valence-corrected chi connectivity index (χ0v) is 15.8. The number of unbranched alkanes of at least 4 members (excludes halogenated alkanes) is 9. The Hall–Kier alpha value is -0.820. The second kappa shape index (κ2) is 16.1. The molecule has 1 nitrogen and oxygen atoms in total. The quantitative estimate of drug-likeness (QED) is 0.212. The van der Waals surface area contributed by atoms with Gasteiger partial charge in [-0.25, -0.2) is 0 Å². The lowest BCUT2D eigenvalue weighted by Crippen LogP contribution is -2.44. The Labute approximate surface area is 146 Å². The second-order valence-electron chi connectivity index (χ2n) is 6.87. The van der Waals surface area contributed by atoms with Crippen molar-refractivity contribution >= 4 is 0 Å². The first-order chi connectivity index (χ1) is 11.2. The van der Waals surface area contributed by atoms with Gasteiger partial charge in [0.05, 0.1) is 0 Å². The summed E-state index contributed by atoms with van der Waals surface area (Å²) in [6, 6.07) is 0. The average molecular weight is 320 g/mol. The van der Waals surface area contributed by atoms with E-state index >= 15 is 0 Å². The molecule has 0 aromatic rings. The normalized spacial score (nSPS) is 11.3. The van der Waals surface area contributed by atoms with E-state index in [0.29, 0.717) is 0 Å². The summed E-state index contributed by atoms with van der Waals surface area (Å²) in [6.45, 7) is 15.1. The van der Waals surface area contributed by atoms with E-state index in [9.17, 15) is 0 Å². The van der Waals surface area contributed by atoms with Crippen molar-refractivity contribution in [3.05, 3.63) is 38.0 Å². The molecule has 0 saturated carbocycles. The molecule has 0 fully saturated rings. The molecular weight excluding hydrogens is 278 g/mol. The highest BCUT2D eigenvalue weighted by Crippen LogP contribution is 2.22. The fourth-order valence-corrected chi connectivity index (χ4v) is 3.26. The highest BCUT2D eigenvalue weighted by Gasteiger charge is 2.24. The summed E-state index contributed by atoms with van der Waals surface area (Å²) in [7, 11) is 0. The summed E-state index contributed by atoms with van der Waals surface area (Å²) in [5, 5.41) is 3.75. The van der Waals surface area contributed by atoms with Crippen LogP contribution in [0.5, 0.6) is 0 Å². The molecule has 0 atom stereocenters. The lowest BCUT2D eigenvalue weighted by atomic mass is 9.87. The maximum atomic E-state index is 3.91. The molecule has 0 aromatic carbocycles. The third-order valence-corrected chi connectivity index (χ3v) is 4.64. The van der Waals surface area contributed by atoms with E-state index in [1.54, 1.807) is 0 Å². The van der Waals surface area contributed by atoms with E-state index in [1.807, 2.05) is 18.2 Å². The van der Waals surface area contributed by atoms with Crippen LogP contribution in [-0.4, -0.2) is 12.1 Å². The van der Waals surface area contributed by atoms with Gasteiger partial charge in [-0.3, -0.25) is 0 Å². The van der Waals surface area contributed by atoms with Crippen LogP contribution >= 0.6 is 0 Å². The molecule has 0 spiro atoms. The summed E-state index contributed by atoms with van der Waals surface area (Å²) in [5.41, 5.74) is 0.0878. The zero-order valence-electron chi connectivity index (χ0n) is 15.8. The van der Waals surface area contributed by atoms with Gasteiger partial charge in [-0.05, 0) is 32.2 Å². The van der Waals surface area contributed by atoms with Gasteiger partial charge in [0.25, 0.3) is 0 Å². The number of hydrogen-bond acceptors (Lipinski definition) is 1. The molecule has 0 bridgehead atoms. The summed E-state index contributed by atoms with van der Waals surface area (Å²) in [4.78, 5) is 0. The van der Waals surface area contributed by atoms with Crippen molar-refractivity contribution < 1.29 is 0 Å². The van der Waals surface area contributed by atoms with Crippen molar-refractivity contribution in [1.82, 2.24) is 5.32 Å². The monoisotopic (exact) mass is 319 g/mol. The third kappa shape index (κ3) is 12.3. The van der Waals surface area contributed by atoms with Crippen LogP contribution in [0.3, 0.4) is 0 Å². The zero-order chi connectivity index (χ0) is 17.2. The SMILES string of the molecule is C=CCC(CC=C)(CC=C)NCCCCCCCCCCCC. The van der Waals surface area contributed by atoms with Crippen molar-refractivity contribution in [2.45, 2.75) is 95.9 Å². The molecule has 0 rings (SSSR count). The van der Waals surface area contributed by atoms with Crippen molar-refractivity contribution in [1.29, 1.82) is 0 Å². The minimum absolute atomic E-state index is 0.0878. The maximum Gasteiger partial charge on any atom is 0.0284 e. The highest BCUT2D eigenvalue weighted by atomic mass is 15.0. The van der Waals surface area contributed by atoms with Gasteiger partial charge in [-0.15, -0.1) is 19.7 Å². The molecule has 0 saturated heterocycles. The molecule has 0 heterocycles. The smallest absolute Gasteiger partial charge is 0.0284 e. The third-order valence-electron chi connectivity index (χ3n) is 4.64. The fraction of sp³-hybridized carbons (Fsp3) is 0.727. The molecule has 0 amide bonds. The van der Waals surface area contributed by atoms with Crippen molar-refractivity contribution in [2.24, 2.45) is 0 Å². The van der Waals surface area contributed by atoms with Gasteiger partial charge in [0.2, 0.25) is 0 Å². The van der Waals surface area contributed by atoms with E-state index in [-0.39, 0.29) is 5.54 Å². The molecule has 0 unspecified atom stereocenters. The predicted octanol–water partition coefficient (Wildman–Crippen LogP) is 6.96. The van der Waals surface area contributed by atoms with Gasteiger partial charge >= 0.3 is 0 Å². The van der Waals surface area contributed by atoms with Gasteiger partial charge < -0.3 is 5.32 Å². The van der Waals surface area contributed by atoms with Gasteiger partial charge in [0.1, 0.15) is 0 Å². The maximum absolute atomic E-state index is 3.91. The Morgan fingerprint density at radius 1 is 0.652 bits per heavy atom. The van der Waals surface area contributed by atoms with Gasteiger partial charge in [-0.2, -0.15) is 0 Å². The van der Waals surface area contributed by atoms with Crippen molar-refractivity contribution in [3.8, 4) is 0 Å². The largest absolute Gasteiger partial charge is 0.310 e. The number of nitrogens with one attached hydrogen (secondary N) is 1. The van der Waals surface area contributed by atoms with E-state index < -0.39 is 0 Å². The van der Waals surface area contributed by atoms with E-state index in [4.69, 9.17) is 0 Å². The number of hydrogen-bond donors (Lipinski definition) is 1. The predicted molar refractivity (Wildman–Crippen MR) is 107 cm³/mol. The first-order valence-corrected chi connectivity index (χ1v) is 9.82. The van der Waals surface area contributed by atoms with Crippen molar-refractivity contribution in [3.63, 3.8) is 0 Å². The first-order valence-electron chi connectivity index (χ1n) is 9.82. The molecule has 0 radical (unpaired) electrons. The van der Waals surface area contributed by atoms with Crippen LogP contribution < -0.4 is 5.32 Å². The highest BCUT2D eigenvalue weighted by molar-refractivity contribution is 5.01. The van der Waals surface area contributed by atoms with Crippen LogP contribution in [0.2, 0.25) is 0 Å². The van der Waals surface area contributed by atoms with Crippen LogP contribution in [0, 0.1) is 0 Å². The molecule has 0 aromatic heterocycles. The Morgan fingerprint density at radius 2 is 1.04 bits per heavy atom. The van der Waals surface area contributed by atoms with Crippen molar-refractivity contribution in [2.75, 3.05) is 6.54 Å². The van der Waals surface area contributed by atoms with Gasteiger partial charge in [-0.1, -0.05) is 82.9 Å². The van der Waals surface area contributed by atoms with E-state index in [0.717, 1.165) is 25.8 Å². The Bertz CT molecular complexity index is 266. The van der Waals surface area contributed by atoms with Crippen LogP contribution in [0.15, 0.2) is 38.0 Å². The van der Waals surface area contributed by atoms with Crippen LogP contribution in [0.1, 0.15) is 90.4 Å². The summed E-state index contributed by atoms with van der Waals surface area (Å²) >= 11 is 0. The molecule has 0 aliphatic rings. The number of rotatable bonds is 18. The molecular formula is C22H41N. The average Bonchev–Trinajstić information content (AvgIpc) is 2.53. The summed E-state index contributed by atoms with van der Waals surface area (Å²) < 4.78 is 0. The summed E-state index contributed by atoms with van der Waals surface area (Å²) in [6.07, 6.45) is 22.8. The summed E-state index contributed by atoms with van der Waals surface area (Å²) in [5.74, 6) is 0.